The number of ether oxygens (including phenoxy) is 3. The van der Waals surface area contributed by atoms with Crippen molar-refractivity contribution in [3.8, 4) is 11.5 Å². The first-order valence-electron chi connectivity index (χ1n) is 5.40. The van der Waals surface area contributed by atoms with Crippen molar-refractivity contribution < 1.29 is 14.2 Å². The van der Waals surface area contributed by atoms with Crippen LogP contribution in [0.15, 0.2) is 12.1 Å². The summed E-state index contributed by atoms with van der Waals surface area (Å²) in [5, 5.41) is 3.13. The van der Waals surface area contributed by atoms with Gasteiger partial charge in [0.25, 0.3) is 0 Å². The fraction of sp³-hybridized carbons (Fsp3) is 0.500. The van der Waals surface area contributed by atoms with Crippen LogP contribution in [0.2, 0.25) is 0 Å². The zero-order valence-corrected chi connectivity index (χ0v) is 9.71. The Morgan fingerprint density at radius 3 is 3.06 bits per heavy atom. The molecule has 2 rings (SSSR count). The second-order valence-electron chi connectivity index (χ2n) is 3.74. The Labute approximate surface area is 95.5 Å². The maximum absolute atomic E-state index is 5.45. The summed E-state index contributed by atoms with van der Waals surface area (Å²) in [4.78, 5) is 0. The minimum atomic E-state index is 0.338. The van der Waals surface area contributed by atoms with Crippen LogP contribution in [0, 0.1) is 0 Å². The number of nitrogens with one attached hydrogen (secondary N) is 1. The summed E-state index contributed by atoms with van der Waals surface area (Å²) in [6.45, 7) is 1.86. The molecule has 0 bridgehead atoms. The fourth-order valence-corrected chi connectivity index (χ4v) is 1.79. The second-order valence-corrected chi connectivity index (χ2v) is 3.74. The highest BCUT2D eigenvalue weighted by Gasteiger charge is 2.14. The van der Waals surface area contributed by atoms with Crippen LogP contribution in [0.25, 0.3) is 0 Å². The Bertz CT molecular complexity index is 366. The Morgan fingerprint density at radius 1 is 1.44 bits per heavy atom. The number of methoxy groups -OCH3 is 1. The van der Waals surface area contributed by atoms with Gasteiger partial charge in [-0.2, -0.15) is 0 Å². The second kappa shape index (κ2) is 5.18. The number of likely N-dealkylation sites (N-methyl/N-ethyl adjacent to an activating group) is 1. The van der Waals surface area contributed by atoms with Gasteiger partial charge in [-0.1, -0.05) is 0 Å². The Morgan fingerprint density at radius 2 is 2.31 bits per heavy atom. The highest BCUT2D eigenvalue weighted by Crippen LogP contribution is 2.31. The molecule has 0 saturated carbocycles. The lowest BCUT2D eigenvalue weighted by Crippen LogP contribution is -2.14. The summed E-state index contributed by atoms with van der Waals surface area (Å²) >= 11 is 0. The van der Waals surface area contributed by atoms with E-state index >= 15 is 0 Å². The predicted octanol–water partition coefficient (Wildman–Crippen LogP) is 1.32. The van der Waals surface area contributed by atoms with Crippen molar-refractivity contribution in [1.82, 2.24) is 5.32 Å². The smallest absolute Gasteiger partial charge is 0.189 e. The molecule has 16 heavy (non-hydrogen) atoms. The lowest BCUT2D eigenvalue weighted by molar-refractivity contribution is -0.0165. The predicted molar refractivity (Wildman–Crippen MR) is 60.9 cm³/mol. The van der Waals surface area contributed by atoms with Crippen molar-refractivity contribution in [3.05, 3.63) is 23.3 Å². The fourth-order valence-electron chi connectivity index (χ4n) is 1.79. The number of benzene rings is 1. The summed E-state index contributed by atoms with van der Waals surface area (Å²) in [6.07, 6.45) is 0.928. The molecule has 0 aromatic heterocycles. The molecule has 0 saturated heterocycles. The largest absolute Gasteiger partial charge is 0.496 e. The summed E-state index contributed by atoms with van der Waals surface area (Å²) in [5.41, 5.74) is 2.22. The molecule has 1 aromatic rings. The molecule has 0 radical (unpaired) electrons. The molecule has 1 N–H and O–H groups in total. The topological polar surface area (TPSA) is 39.7 Å². The minimum absolute atomic E-state index is 0.338. The van der Waals surface area contributed by atoms with E-state index in [2.05, 4.69) is 5.32 Å². The summed E-state index contributed by atoms with van der Waals surface area (Å²) < 4.78 is 16.0. The molecule has 88 valence electrons. The third-order valence-electron chi connectivity index (χ3n) is 2.66. The van der Waals surface area contributed by atoms with Crippen LogP contribution in [-0.2, 0) is 17.8 Å². The maximum Gasteiger partial charge on any atom is 0.189 e. The van der Waals surface area contributed by atoms with Crippen molar-refractivity contribution in [1.29, 1.82) is 0 Å². The van der Waals surface area contributed by atoms with Gasteiger partial charge in [0.2, 0.25) is 0 Å². The van der Waals surface area contributed by atoms with Gasteiger partial charge in [0.05, 0.1) is 13.7 Å². The number of rotatable bonds is 4. The van der Waals surface area contributed by atoms with E-state index < -0.39 is 0 Å². The Kier molecular flexibility index (Phi) is 3.64. The lowest BCUT2D eigenvalue weighted by Gasteiger charge is -2.20. The number of fused-ring (bicyclic) bond motifs is 1. The molecule has 4 nitrogen and oxygen atoms in total. The first-order valence-corrected chi connectivity index (χ1v) is 5.40. The van der Waals surface area contributed by atoms with Crippen LogP contribution >= 0.6 is 0 Å². The van der Waals surface area contributed by atoms with E-state index in [1.807, 2.05) is 19.2 Å². The first kappa shape index (κ1) is 11.2. The van der Waals surface area contributed by atoms with Crippen molar-refractivity contribution in [2.75, 3.05) is 27.5 Å². The van der Waals surface area contributed by atoms with E-state index in [1.54, 1.807) is 7.11 Å². The average Bonchev–Trinajstić information content (AvgIpc) is 2.35. The average molecular weight is 223 g/mol. The van der Waals surface area contributed by atoms with Gasteiger partial charge in [-0.25, -0.2) is 0 Å². The van der Waals surface area contributed by atoms with Gasteiger partial charge >= 0.3 is 0 Å². The molecule has 0 unspecified atom stereocenters. The molecule has 0 spiro atoms. The van der Waals surface area contributed by atoms with E-state index in [0.717, 1.165) is 35.6 Å². The molecule has 4 heteroatoms. The Balaban J connectivity index is 2.28. The minimum Gasteiger partial charge on any atom is -0.496 e. The van der Waals surface area contributed by atoms with Crippen molar-refractivity contribution in [2.24, 2.45) is 0 Å². The number of hydrogen-bond donors (Lipinski definition) is 1. The van der Waals surface area contributed by atoms with E-state index in [4.69, 9.17) is 14.2 Å². The van der Waals surface area contributed by atoms with Gasteiger partial charge in [-0.3, -0.25) is 0 Å². The lowest BCUT2D eigenvalue weighted by atomic mass is 10.1. The molecule has 0 atom stereocenters. The summed E-state index contributed by atoms with van der Waals surface area (Å²) in [5.74, 6) is 1.82. The highest BCUT2D eigenvalue weighted by atomic mass is 16.7. The van der Waals surface area contributed by atoms with Crippen LogP contribution in [0.3, 0.4) is 0 Å². The molecular weight excluding hydrogens is 206 g/mol. The van der Waals surface area contributed by atoms with Crippen molar-refractivity contribution in [2.45, 2.75) is 13.0 Å². The molecule has 1 aromatic carbocycles. The molecule has 1 heterocycles. The van der Waals surface area contributed by atoms with E-state index in [0.29, 0.717) is 13.4 Å². The number of hydrogen-bond acceptors (Lipinski definition) is 4. The summed E-state index contributed by atoms with van der Waals surface area (Å²) in [6, 6.07) is 4.05. The normalized spacial score (nSPS) is 14.1. The Hall–Kier alpha value is -1.26. The zero-order valence-electron chi connectivity index (χ0n) is 9.71. The van der Waals surface area contributed by atoms with Crippen LogP contribution < -0.4 is 14.8 Å². The zero-order chi connectivity index (χ0) is 11.4. The SMILES string of the molecule is CNCCc1cc2c(cc1OC)COCO2. The van der Waals surface area contributed by atoms with Crippen LogP contribution in [0.1, 0.15) is 11.1 Å². The third kappa shape index (κ3) is 2.28. The van der Waals surface area contributed by atoms with Gasteiger partial charge in [-0.15, -0.1) is 0 Å². The molecule has 0 amide bonds. The van der Waals surface area contributed by atoms with E-state index in [9.17, 15) is 0 Å². The van der Waals surface area contributed by atoms with Crippen LogP contribution in [-0.4, -0.2) is 27.5 Å². The standard InChI is InChI=1S/C12H17NO3/c1-13-4-3-9-5-12-10(6-11(9)14-2)7-15-8-16-12/h5-6,13H,3-4,7-8H2,1-2H3. The van der Waals surface area contributed by atoms with E-state index in [1.165, 1.54) is 0 Å². The van der Waals surface area contributed by atoms with Crippen molar-refractivity contribution in [3.63, 3.8) is 0 Å². The molecular formula is C12H17NO3. The van der Waals surface area contributed by atoms with Gasteiger partial charge in [-0.05, 0) is 37.7 Å². The molecule has 0 aliphatic carbocycles. The van der Waals surface area contributed by atoms with Crippen LogP contribution in [0.4, 0.5) is 0 Å². The van der Waals surface area contributed by atoms with Gasteiger partial charge in [0, 0.05) is 5.56 Å². The monoisotopic (exact) mass is 223 g/mol. The molecule has 0 fully saturated rings. The van der Waals surface area contributed by atoms with Gasteiger partial charge in [0.15, 0.2) is 6.79 Å². The van der Waals surface area contributed by atoms with E-state index in [-0.39, 0.29) is 0 Å². The molecule has 1 aliphatic heterocycles. The van der Waals surface area contributed by atoms with Gasteiger partial charge < -0.3 is 19.5 Å². The van der Waals surface area contributed by atoms with Crippen molar-refractivity contribution >= 4 is 0 Å². The van der Waals surface area contributed by atoms with Gasteiger partial charge in [0.1, 0.15) is 11.5 Å². The first-order chi connectivity index (χ1) is 7.85. The third-order valence-corrected chi connectivity index (χ3v) is 2.66. The highest BCUT2D eigenvalue weighted by molar-refractivity contribution is 5.46. The quantitative estimate of drug-likeness (QED) is 0.835. The summed E-state index contributed by atoms with van der Waals surface area (Å²) in [7, 11) is 3.63. The maximum atomic E-state index is 5.45. The van der Waals surface area contributed by atoms with Crippen LogP contribution in [0.5, 0.6) is 11.5 Å². The molecule has 1 aliphatic rings.